The Labute approximate surface area is 120 Å². The van der Waals surface area contributed by atoms with E-state index >= 15 is 0 Å². The van der Waals surface area contributed by atoms with Crippen molar-refractivity contribution in [2.24, 2.45) is 10.4 Å². The summed E-state index contributed by atoms with van der Waals surface area (Å²) in [4.78, 5) is 6.97. The molecule has 2 aliphatic heterocycles. The molecule has 2 atom stereocenters. The van der Waals surface area contributed by atoms with Gasteiger partial charge in [0.25, 0.3) is 0 Å². The predicted octanol–water partition coefficient (Wildman–Crippen LogP) is 2.42. The number of methoxy groups -OCH3 is 1. The van der Waals surface area contributed by atoms with Crippen molar-refractivity contribution in [3.05, 3.63) is 34.7 Å². The molecule has 0 saturated carbocycles. The van der Waals surface area contributed by atoms with E-state index in [0.29, 0.717) is 5.90 Å². The quantitative estimate of drug-likeness (QED) is 0.736. The number of hydrogen-bond acceptors (Lipinski definition) is 4. The summed E-state index contributed by atoms with van der Waals surface area (Å²) in [5.74, 6) is 0.694. The van der Waals surface area contributed by atoms with Gasteiger partial charge in [-0.25, -0.2) is 4.99 Å². The number of nitrogens with one attached hydrogen (secondary N) is 1. The zero-order chi connectivity index (χ0) is 14.7. The average molecular weight is 273 g/mol. The molecule has 108 valence electrons. The van der Waals surface area contributed by atoms with Crippen LogP contribution in [0.3, 0.4) is 0 Å². The number of hydrogen-bond donors (Lipinski definition) is 1. The first-order valence-corrected chi connectivity index (χ1v) is 7.10. The molecule has 0 aromatic carbocycles. The molecule has 0 aromatic heterocycles. The van der Waals surface area contributed by atoms with Gasteiger partial charge in [-0.3, -0.25) is 0 Å². The van der Waals surface area contributed by atoms with Crippen LogP contribution in [0.4, 0.5) is 0 Å². The van der Waals surface area contributed by atoms with Crippen molar-refractivity contribution in [3.63, 3.8) is 0 Å². The number of dihydropyridines is 1. The first-order chi connectivity index (χ1) is 9.37. The second kappa shape index (κ2) is 4.14. The van der Waals surface area contributed by atoms with Gasteiger partial charge in [-0.1, -0.05) is 25.5 Å². The highest BCUT2D eigenvalue weighted by molar-refractivity contribution is 5.88. The fourth-order valence-electron chi connectivity index (χ4n) is 3.42. The zero-order valence-electron chi connectivity index (χ0n) is 13.1. The van der Waals surface area contributed by atoms with Crippen molar-refractivity contribution in [3.8, 4) is 0 Å². The molecule has 4 heteroatoms. The molecule has 0 fully saturated rings. The molecule has 4 nitrogen and oxygen atoms in total. The van der Waals surface area contributed by atoms with Gasteiger partial charge in [0, 0.05) is 18.2 Å². The Bertz CT molecular complexity index is 581. The van der Waals surface area contributed by atoms with Gasteiger partial charge in [-0.15, -0.1) is 0 Å². The van der Waals surface area contributed by atoms with Crippen LogP contribution in [0.25, 0.3) is 0 Å². The van der Waals surface area contributed by atoms with E-state index in [-0.39, 0.29) is 17.6 Å². The van der Waals surface area contributed by atoms with Crippen LogP contribution >= 0.6 is 0 Å². The average Bonchev–Trinajstić information content (AvgIpc) is 2.60. The molecule has 3 rings (SSSR count). The van der Waals surface area contributed by atoms with E-state index in [2.05, 4.69) is 56.0 Å². The fourth-order valence-corrected chi connectivity index (χ4v) is 3.42. The number of allylic oxidation sites excluding steroid dienone is 2. The Balaban J connectivity index is 2.07. The highest BCUT2D eigenvalue weighted by Crippen LogP contribution is 2.48. The Hall–Kier alpha value is -1.71. The summed E-state index contributed by atoms with van der Waals surface area (Å²) in [5.41, 5.74) is 5.47. The molecule has 0 aromatic rings. The molecule has 1 N–H and O–H groups in total. The molecule has 2 heterocycles. The summed E-state index contributed by atoms with van der Waals surface area (Å²) in [6.45, 7) is 9.00. The third kappa shape index (κ3) is 1.57. The first-order valence-electron chi connectivity index (χ1n) is 7.10. The topological polar surface area (TPSA) is 36.9 Å². The van der Waals surface area contributed by atoms with Gasteiger partial charge in [-0.2, -0.15) is 0 Å². The van der Waals surface area contributed by atoms with Crippen LogP contribution in [-0.4, -0.2) is 37.2 Å². The molecular weight excluding hydrogens is 250 g/mol. The van der Waals surface area contributed by atoms with E-state index in [1.54, 1.807) is 7.11 Å². The first kappa shape index (κ1) is 13.3. The van der Waals surface area contributed by atoms with Crippen molar-refractivity contribution in [2.75, 3.05) is 14.2 Å². The number of rotatable bonds is 0. The molecule has 0 radical (unpaired) electrons. The maximum Gasteiger partial charge on any atom is 0.210 e. The van der Waals surface area contributed by atoms with Gasteiger partial charge >= 0.3 is 0 Å². The summed E-state index contributed by atoms with van der Waals surface area (Å²) in [6.07, 6.45) is 4.16. The monoisotopic (exact) mass is 273 g/mol. The molecule has 3 aliphatic rings. The highest BCUT2D eigenvalue weighted by Gasteiger charge is 2.44. The lowest BCUT2D eigenvalue weighted by Crippen LogP contribution is -2.53. The molecule has 0 saturated heterocycles. The Kier molecular flexibility index (Phi) is 2.75. The molecule has 0 amide bonds. The van der Waals surface area contributed by atoms with Crippen LogP contribution in [0.15, 0.2) is 39.7 Å². The Morgan fingerprint density at radius 2 is 2.05 bits per heavy atom. The number of likely N-dealkylation sites (N-methyl/N-ethyl adjacent to an activating group) is 1. The van der Waals surface area contributed by atoms with Crippen LogP contribution in [0.2, 0.25) is 0 Å². The van der Waals surface area contributed by atoms with Crippen LogP contribution in [-0.2, 0) is 4.74 Å². The smallest absolute Gasteiger partial charge is 0.210 e. The summed E-state index contributed by atoms with van der Waals surface area (Å²) in [7, 11) is 3.79. The molecule has 20 heavy (non-hydrogen) atoms. The van der Waals surface area contributed by atoms with Gasteiger partial charge < -0.3 is 15.0 Å². The van der Waals surface area contributed by atoms with E-state index in [4.69, 9.17) is 4.74 Å². The van der Waals surface area contributed by atoms with Gasteiger partial charge in [-0.05, 0) is 25.5 Å². The van der Waals surface area contributed by atoms with E-state index in [0.717, 1.165) is 0 Å². The molecular formula is C16H23N3O. The lowest BCUT2D eigenvalue weighted by molar-refractivity contribution is 0.232. The lowest BCUT2D eigenvalue weighted by atomic mass is 9.84. The van der Waals surface area contributed by atoms with Gasteiger partial charge in [0.1, 0.15) is 6.17 Å². The minimum absolute atomic E-state index is 0.0605. The third-order valence-corrected chi connectivity index (χ3v) is 5.01. The molecule has 1 aliphatic carbocycles. The molecule has 0 bridgehead atoms. The maximum absolute atomic E-state index is 5.27. The van der Waals surface area contributed by atoms with Gasteiger partial charge in [0.2, 0.25) is 5.90 Å². The van der Waals surface area contributed by atoms with E-state index < -0.39 is 0 Å². The summed E-state index contributed by atoms with van der Waals surface area (Å²) in [5, 5.41) is 3.69. The van der Waals surface area contributed by atoms with Crippen molar-refractivity contribution >= 4 is 5.90 Å². The largest absolute Gasteiger partial charge is 0.481 e. The van der Waals surface area contributed by atoms with E-state index in [1.165, 1.54) is 22.5 Å². The molecule has 0 spiro atoms. The van der Waals surface area contributed by atoms with Crippen LogP contribution in [0, 0.1) is 5.41 Å². The van der Waals surface area contributed by atoms with Gasteiger partial charge in [0.05, 0.1) is 18.8 Å². The summed E-state index contributed by atoms with van der Waals surface area (Å²) < 4.78 is 5.27. The standard InChI is InChI=1S/C16H23N3O/c1-9-10(2)16(3,4)14-13(9)19(5)15-11(17-14)7-8-12(18-15)20-6/h7-8,11,15,17H,1-6H3. The maximum atomic E-state index is 5.27. The van der Waals surface area contributed by atoms with E-state index in [1.807, 2.05) is 6.08 Å². The summed E-state index contributed by atoms with van der Waals surface area (Å²) in [6, 6.07) is 0.204. The van der Waals surface area contributed by atoms with Crippen LogP contribution < -0.4 is 5.32 Å². The zero-order valence-corrected chi connectivity index (χ0v) is 13.1. The normalized spacial score (nSPS) is 30.9. The van der Waals surface area contributed by atoms with Crippen molar-refractivity contribution in [2.45, 2.75) is 39.9 Å². The predicted molar refractivity (Wildman–Crippen MR) is 81.2 cm³/mol. The number of aliphatic imine (C=N–C) groups is 1. The van der Waals surface area contributed by atoms with Crippen molar-refractivity contribution in [1.29, 1.82) is 0 Å². The number of nitrogens with zero attached hydrogens (tertiary/aromatic N) is 2. The minimum atomic E-state index is 0.0605. The summed E-state index contributed by atoms with van der Waals surface area (Å²) >= 11 is 0. The van der Waals surface area contributed by atoms with Crippen LogP contribution in [0.1, 0.15) is 27.7 Å². The number of fused-ring (bicyclic) bond motifs is 1. The van der Waals surface area contributed by atoms with Crippen LogP contribution in [0.5, 0.6) is 0 Å². The second-order valence-electron chi connectivity index (χ2n) is 6.32. The number of ether oxygens (including phenoxy) is 1. The molecule has 2 unspecified atom stereocenters. The Morgan fingerprint density at radius 1 is 1.35 bits per heavy atom. The highest BCUT2D eigenvalue weighted by atomic mass is 16.5. The van der Waals surface area contributed by atoms with E-state index in [9.17, 15) is 0 Å². The van der Waals surface area contributed by atoms with Crippen molar-refractivity contribution < 1.29 is 4.74 Å². The Morgan fingerprint density at radius 3 is 2.70 bits per heavy atom. The minimum Gasteiger partial charge on any atom is -0.481 e. The SMILES string of the molecule is COC1=NC2C(C=C1)NC1=C(C(C)=C(C)C1(C)C)N2C. The fraction of sp³-hybridized carbons (Fsp3) is 0.562. The third-order valence-electron chi connectivity index (χ3n) is 5.01. The lowest BCUT2D eigenvalue weighted by Gasteiger charge is -2.43. The van der Waals surface area contributed by atoms with Crippen molar-refractivity contribution in [1.82, 2.24) is 10.2 Å². The second-order valence-corrected chi connectivity index (χ2v) is 6.32. The van der Waals surface area contributed by atoms with Gasteiger partial charge in [0.15, 0.2) is 0 Å².